The lowest BCUT2D eigenvalue weighted by Crippen LogP contribution is -2.30. The number of hydrogen-bond donors (Lipinski definition) is 3. The molecule has 2 atom stereocenters. The summed E-state index contributed by atoms with van der Waals surface area (Å²) in [5.74, 6) is -0.610. The number of thiophene rings is 1. The molecule has 5 aromatic carbocycles. The molecule has 3 N–H and O–H groups in total. The molecule has 0 fully saturated rings. The van der Waals surface area contributed by atoms with Crippen molar-refractivity contribution in [1.29, 1.82) is 5.26 Å². The third-order valence-electron chi connectivity index (χ3n) is 9.40. The number of anilines is 2. The van der Waals surface area contributed by atoms with Crippen molar-refractivity contribution in [3.8, 4) is 17.2 Å². The number of amides is 3. The van der Waals surface area contributed by atoms with Crippen molar-refractivity contribution < 1.29 is 14.4 Å². The zero-order valence-corrected chi connectivity index (χ0v) is 31.8. The molecule has 0 aliphatic heterocycles. The molecule has 7 nitrogen and oxygen atoms in total. The van der Waals surface area contributed by atoms with Gasteiger partial charge in [0.1, 0.15) is 22.0 Å². The highest BCUT2D eigenvalue weighted by atomic mass is 32.2. The van der Waals surface area contributed by atoms with Crippen LogP contribution in [0.15, 0.2) is 150 Å². The summed E-state index contributed by atoms with van der Waals surface area (Å²) in [6, 6.07) is 45.6. The number of fused-ring (bicyclic) bond motifs is 1. The van der Waals surface area contributed by atoms with Gasteiger partial charge in [0.25, 0.3) is 11.8 Å². The summed E-state index contributed by atoms with van der Waals surface area (Å²) in [4.78, 5) is 43.2. The summed E-state index contributed by atoms with van der Waals surface area (Å²) in [6.07, 6.45) is 4.43. The van der Waals surface area contributed by atoms with E-state index in [0.717, 1.165) is 52.0 Å². The van der Waals surface area contributed by atoms with Crippen LogP contribution in [0.1, 0.15) is 56.1 Å². The fraction of sp³-hybridized carbons (Fsp3) is 0.130. The minimum Gasteiger partial charge on any atom is -0.321 e. The molecule has 272 valence electrons. The zero-order chi connectivity index (χ0) is 38.1. The van der Waals surface area contributed by atoms with E-state index in [9.17, 15) is 19.6 Å². The molecule has 0 saturated carbocycles. The number of benzene rings is 5. The maximum atomic E-state index is 14.1. The van der Waals surface area contributed by atoms with Gasteiger partial charge in [0.05, 0.1) is 5.56 Å². The van der Waals surface area contributed by atoms with Gasteiger partial charge in [-0.2, -0.15) is 5.26 Å². The van der Waals surface area contributed by atoms with Gasteiger partial charge in [-0.25, -0.2) is 0 Å². The maximum Gasteiger partial charge on any atom is 0.272 e. The van der Waals surface area contributed by atoms with E-state index in [1.165, 1.54) is 28.0 Å². The second kappa shape index (κ2) is 17.3. The summed E-state index contributed by atoms with van der Waals surface area (Å²) >= 11 is 2.86. The highest BCUT2D eigenvalue weighted by Crippen LogP contribution is 2.42. The van der Waals surface area contributed by atoms with Crippen LogP contribution in [0.5, 0.6) is 0 Å². The van der Waals surface area contributed by atoms with E-state index in [1.807, 2.05) is 109 Å². The molecule has 6 aromatic rings. The Hall–Kier alpha value is -6.21. The van der Waals surface area contributed by atoms with E-state index in [1.54, 1.807) is 36.4 Å². The number of carbonyl (C=O) groups is 3. The van der Waals surface area contributed by atoms with Crippen LogP contribution in [0.2, 0.25) is 0 Å². The van der Waals surface area contributed by atoms with Gasteiger partial charge in [0, 0.05) is 21.0 Å². The topological polar surface area (TPSA) is 111 Å². The van der Waals surface area contributed by atoms with Crippen LogP contribution in [-0.4, -0.2) is 17.7 Å². The van der Waals surface area contributed by atoms with Crippen molar-refractivity contribution in [3.63, 3.8) is 0 Å². The summed E-state index contributed by atoms with van der Waals surface area (Å²) in [5, 5.41) is 18.9. The van der Waals surface area contributed by atoms with E-state index in [2.05, 4.69) is 28.9 Å². The molecule has 1 heterocycles. The summed E-state index contributed by atoms with van der Waals surface area (Å²) in [7, 11) is 0. The Morgan fingerprint density at radius 2 is 1.49 bits per heavy atom. The fourth-order valence-corrected chi connectivity index (χ4v) is 8.98. The number of nitrogens with zero attached hydrogens (tertiary/aromatic N) is 1. The van der Waals surface area contributed by atoms with Crippen LogP contribution >= 0.6 is 23.1 Å². The van der Waals surface area contributed by atoms with Crippen molar-refractivity contribution in [3.05, 3.63) is 178 Å². The van der Waals surface area contributed by atoms with Crippen LogP contribution in [0.3, 0.4) is 0 Å². The summed E-state index contributed by atoms with van der Waals surface area (Å²) in [5.41, 5.74) is 6.26. The Bertz CT molecular complexity index is 2390. The van der Waals surface area contributed by atoms with Crippen molar-refractivity contribution in [2.75, 3.05) is 10.6 Å². The lowest BCUT2D eigenvalue weighted by molar-refractivity contribution is -0.116. The van der Waals surface area contributed by atoms with Crippen LogP contribution in [0.25, 0.3) is 17.2 Å². The Balaban J connectivity index is 1.12. The molecule has 0 saturated heterocycles. The molecule has 0 spiro atoms. The fourth-order valence-electron chi connectivity index (χ4n) is 6.53. The molecule has 3 amide bonds. The van der Waals surface area contributed by atoms with Crippen molar-refractivity contribution in [1.82, 2.24) is 5.32 Å². The van der Waals surface area contributed by atoms with Gasteiger partial charge in [0.15, 0.2) is 0 Å². The molecule has 1 aromatic heterocycles. The average molecular weight is 759 g/mol. The Morgan fingerprint density at radius 3 is 2.20 bits per heavy atom. The molecule has 0 radical (unpaired) electrons. The highest BCUT2D eigenvalue weighted by Gasteiger charge is 2.28. The molecule has 1 aliphatic carbocycles. The number of carbonyl (C=O) groups excluding carboxylic acids is 3. The normalized spacial score (nSPS) is 14.2. The van der Waals surface area contributed by atoms with E-state index in [4.69, 9.17) is 0 Å². The Morgan fingerprint density at radius 1 is 0.818 bits per heavy atom. The Labute approximate surface area is 329 Å². The van der Waals surface area contributed by atoms with Crippen LogP contribution in [0, 0.1) is 17.2 Å². The monoisotopic (exact) mass is 758 g/mol. The minimum absolute atomic E-state index is 0.0715. The van der Waals surface area contributed by atoms with E-state index in [0.29, 0.717) is 27.7 Å². The second-order valence-corrected chi connectivity index (χ2v) is 15.7. The SMILES string of the molecule is CC1CCc2c(sc(NC(=O)C(Sc3cccc(NC(=O)/C(=C\c4ccc(-c5ccccc5)cc4)NC(=O)c4ccccc4)c3)c3ccccc3)c2C#N)C1. The van der Waals surface area contributed by atoms with E-state index in [-0.39, 0.29) is 11.6 Å². The van der Waals surface area contributed by atoms with Crippen LogP contribution in [0.4, 0.5) is 10.7 Å². The quantitative estimate of drug-likeness (QED) is 0.0900. The molecule has 55 heavy (non-hydrogen) atoms. The van der Waals surface area contributed by atoms with Gasteiger partial charge in [-0.05, 0) is 89.4 Å². The van der Waals surface area contributed by atoms with Gasteiger partial charge < -0.3 is 16.0 Å². The number of rotatable bonds is 11. The number of hydrogen-bond acceptors (Lipinski definition) is 6. The van der Waals surface area contributed by atoms with Gasteiger partial charge in [-0.1, -0.05) is 116 Å². The molecule has 1 aliphatic rings. The van der Waals surface area contributed by atoms with Gasteiger partial charge >= 0.3 is 0 Å². The zero-order valence-electron chi connectivity index (χ0n) is 30.1. The number of nitriles is 1. The largest absolute Gasteiger partial charge is 0.321 e. The van der Waals surface area contributed by atoms with Crippen molar-refractivity contribution in [2.24, 2.45) is 5.92 Å². The maximum absolute atomic E-state index is 14.1. The summed E-state index contributed by atoms with van der Waals surface area (Å²) in [6.45, 7) is 2.22. The lowest BCUT2D eigenvalue weighted by atomic mass is 9.88. The van der Waals surface area contributed by atoms with E-state index >= 15 is 0 Å². The van der Waals surface area contributed by atoms with Gasteiger partial charge in [-0.3, -0.25) is 14.4 Å². The van der Waals surface area contributed by atoms with Gasteiger partial charge in [-0.15, -0.1) is 23.1 Å². The minimum atomic E-state index is -0.642. The first-order valence-electron chi connectivity index (χ1n) is 18.1. The first-order valence-corrected chi connectivity index (χ1v) is 19.8. The molecular formula is C46H38N4O3S2. The standard InChI is InChI=1S/C46H38N4O3S2/c1-30-20-25-38-39(29-47)46(55-41(38)26-30)50-45(53)42(34-14-7-3-8-15-34)54-37-19-11-18-36(28-37)48-44(52)40(49-43(51)35-16-9-4-10-17-35)27-31-21-23-33(24-22-31)32-12-5-2-6-13-32/h2-19,21-24,27-28,30,42H,20,25-26H2,1H3,(H,48,52)(H,49,51)(H,50,53)/b40-27+. The lowest BCUT2D eigenvalue weighted by Gasteiger charge is -2.18. The molecule has 0 bridgehead atoms. The number of thioether (sulfide) groups is 1. The third kappa shape index (κ3) is 9.13. The van der Waals surface area contributed by atoms with E-state index < -0.39 is 17.1 Å². The molecular weight excluding hydrogens is 721 g/mol. The first kappa shape index (κ1) is 37.1. The molecule has 7 rings (SSSR count). The van der Waals surface area contributed by atoms with Crippen LogP contribution < -0.4 is 16.0 Å². The molecule has 2 unspecified atom stereocenters. The highest BCUT2D eigenvalue weighted by molar-refractivity contribution is 8.00. The first-order chi connectivity index (χ1) is 26.8. The second-order valence-electron chi connectivity index (χ2n) is 13.4. The predicted molar refractivity (Wildman–Crippen MR) is 223 cm³/mol. The van der Waals surface area contributed by atoms with Crippen molar-refractivity contribution >= 4 is 57.6 Å². The predicted octanol–water partition coefficient (Wildman–Crippen LogP) is 10.3. The Kier molecular flexibility index (Phi) is 11.7. The smallest absolute Gasteiger partial charge is 0.272 e. The number of nitrogens with one attached hydrogen (secondary N) is 3. The van der Waals surface area contributed by atoms with Gasteiger partial charge in [0.2, 0.25) is 5.91 Å². The average Bonchev–Trinajstić information content (AvgIpc) is 3.56. The van der Waals surface area contributed by atoms with Crippen molar-refractivity contribution in [2.45, 2.75) is 36.3 Å². The molecule has 9 heteroatoms. The summed E-state index contributed by atoms with van der Waals surface area (Å²) < 4.78 is 0. The van der Waals surface area contributed by atoms with Crippen LogP contribution in [-0.2, 0) is 22.4 Å². The third-order valence-corrected chi connectivity index (χ3v) is 11.8.